The van der Waals surface area contributed by atoms with E-state index >= 15 is 0 Å². The number of rotatable bonds is 7. The highest BCUT2D eigenvalue weighted by molar-refractivity contribution is 5.27. The van der Waals surface area contributed by atoms with E-state index in [1.54, 1.807) is 0 Å². The van der Waals surface area contributed by atoms with Crippen LogP contribution in [0.1, 0.15) is 43.1 Å². The van der Waals surface area contributed by atoms with E-state index < -0.39 is 0 Å². The summed E-state index contributed by atoms with van der Waals surface area (Å²) in [4.78, 5) is 0. The van der Waals surface area contributed by atoms with Crippen molar-refractivity contribution in [2.75, 3.05) is 6.54 Å². The summed E-state index contributed by atoms with van der Waals surface area (Å²) in [5.74, 6) is 0. The van der Waals surface area contributed by atoms with Crippen molar-refractivity contribution in [3.63, 3.8) is 0 Å². The molecule has 2 aromatic rings. The van der Waals surface area contributed by atoms with Crippen LogP contribution in [0.4, 0.5) is 0 Å². The Morgan fingerprint density at radius 3 is 2.70 bits per heavy atom. The molecule has 108 valence electrons. The van der Waals surface area contributed by atoms with E-state index in [-0.39, 0.29) is 0 Å². The molecule has 0 fully saturated rings. The Labute approximate surface area is 122 Å². The van der Waals surface area contributed by atoms with Crippen LogP contribution in [0.5, 0.6) is 0 Å². The summed E-state index contributed by atoms with van der Waals surface area (Å²) in [5.41, 5.74) is 4.05. The summed E-state index contributed by atoms with van der Waals surface area (Å²) in [5, 5.41) is 8.05. The molecule has 0 aliphatic heterocycles. The molecule has 0 spiro atoms. The molecule has 1 aromatic carbocycles. The van der Waals surface area contributed by atoms with E-state index in [1.165, 1.54) is 16.8 Å². The van der Waals surface area contributed by atoms with Gasteiger partial charge in [-0.25, -0.2) is 0 Å². The number of aryl methyl sites for hydroxylation is 2. The largest absolute Gasteiger partial charge is 0.309 e. The van der Waals surface area contributed by atoms with Gasteiger partial charge in [-0.1, -0.05) is 38.1 Å². The topological polar surface area (TPSA) is 29.9 Å². The summed E-state index contributed by atoms with van der Waals surface area (Å²) in [6, 6.07) is 11.1. The molecule has 1 heterocycles. The van der Waals surface area contributed by atoms with E-state index in [9.17, 15) is 0 Å². The fourth-order valence-electron chi connectivity index (χ4n) is 2.62. The lowest BCUT2D eigenvalue weighted by atomic mass is 9.99. The Kier molecular flexibility index (Phi) is 5.36. The minimum absolute atomic E-state index is 0.329. The lowest BCUT2D eigenvalue weighted by molar-refractivity contribution is 0.477. The first-order valence-electron chi connectivity index (χ1n) is 7.55. The average Bonchev–Trinajstić information content (AvgIpc) is 2.89. The molecule has 0 saturated heterocycles. The third kappa shape index (κ3) is 3.48. The van der Waals surface area contributed by atoms with Gasteiger partial charge in [0.15, 0.2) is 0 Å². The Bertz CT molecular complexity index is 531. The van der Waals surface area contributed by atoms with Crippen LogP contribution < -0.4 is 5.32 Å². The SMILES string of the molecule is CCCn1nccc1C(Cc1ccccc1C)NCC. The highest BCUT2D eigenvalue weighted by Crippen LogP contribution is 2.20. The molecule has 0 amide bonds. The predicted octanol–water partition coefficient (Wildman–Crippen LogP) is 3.49. The van der Waals surface area contributed by atoms with Crippen LogP contribution in [0.3, 0.4) is 0 Å². The quantitative estimate of drug-likeness (QED) is 0.835. The monoisotopic (exact) mass is 271 g/mol. The van der Waals surface area contributed by atoms with E-state index in [2.05, 4.69) is 66.2 Å². The van der Waals surface area contributed by atoms with Crippen molar-refractivity contribution in [3.8, 4) is 0 Å². The predicted molar refractivity (Wildman–Crippen MR) is 83.8 cm³/mol. The highest BCUT2D eigenvalue weighted by Gasteiger charge is 2.16. The van der Waals surface area contributed by atoms with Crippen LogP contribution in [0.15, 0.2) is 36.5 Å². The van der Waals surface area contributed by atoms with Crippen LogP contribution in [0, 0.1) is 6.92 Å². The number of nitrogens with one attached hydrogen (secondary N) is 1. The van der Waals surface area contributed by atoms with Crippen LogP contribution in [0.2, 0.25) is 0 Å². The van der Waals surface area contributed by atoms with E-state index in [0.717, 1.165) is 25.9 Å². The molecule has 20 heavy (non-hydrogen) atoms. The van der Waals surface area contributed by atoms with Gasteiger partial charge in [-0.15, -0.1) is 0 Å². The molecule has 0 bridgehead atoms. The van der Waals surface area contributed by atoms with Gasteiger partial charge in [0.25, 0.3) is 0 Å². The smallest absolute Gasteiger partial charge is 0.0556 e. The Balaban J connectivity index is 2.22. The van der Waals surface area contributed by atoms with Gasteiger partial charge in [0.2, 0.25) is 0 Å². The standard InChI is InChI=1S/C17H25N3/c1-4-12-20-17(10-11-19-20)16(18-5-2)13-15-9-7-6-8-14(15)3/h6-11,16,18H,4-5,12-13H2,1-3H3. The lowest BCUT2D eigenvalue weighted by Gasteiger charge is -2.20. The van der Waals surface area contributed by atoms with Crippen molar-refractivity contribution in [1.82, 2.24) is 15.1 Å². The third-order valence-corrected chi connectivity index (χ3v) is 3.68. The van der Waals surface area contributed by atoms with Crippen molar-refractivity contribution in [2.24, 2.45) is 0 Å². The first-order chi connectivity index (χ1) is 9.76. The first kappa shape index (κ1) is 14.8. The molecule has 1 aromatic heterocycles. The third-order valence-electron chi connectivity index (χ3n) is 3.68. The number of hydrogen-bond acceptors (Lipinski definition) is 2. The lowest BCUT2D eigenvalue weighted by Crippen LogP contribution is -2.26. The van der Waals surface area contributed by atoms with Crippen molar-refractivity contribution >= 4 is 0 Å². The second-order valence-electron chi connectivity index (χ2n) is 5.22. The average molecular weight is 271 g/mol. The van der Waals surface area contributed by atoms with Crippen LogP contribution in [-0.2, 0) is 13.0 Å². The van der Waals surface area contributed by atoms with Gasteiger partial charge in [0.05, 0.1) is 11.7 Å². The second kappa shape index (κ2) is 7.25. The van der Waals surface area contributed by atoms with Gasteiger partial charge in [0.1, 0.15) is 0 Å². The summed E-state index contributed by atoms with van der Waals surface area (Å²) in [6.45, 7) is 8.48. The van der Waals surface area contributed by atoms with Crippen LogP contribution >= 0.6 is 0 Å². The van der Waals surface area contributed by atoms with Crippen molar-refractivity contribution in [2.45, 2.75) is 46.2 Å². The Morgan fingerprint density at radius 1 is 1.20 bits per heavy atom. The molecular formula is C17H25N3. The molecule has 3 heteroatoms. The Hall–Kier alpha value is -1.61. The van der Waals surface area contributed by atoms with E-state index in [0.29, 0.717) is 6.04 Å². The van der Waals surface area contributed by atoms with Gasteiger partial charge in [-0.2, -0.15) is 5.10 Å². The maximum atomic E-state index is 4.45. The zero-order valence-corrected chi connectivity index (χ0v) is 12.8. The van der Waals surface area contributed by atoms with Gasteiger partial charge < -0.3 is 5.32 Å². The number of aromatic nitrogens is 2. The normalized spacial score (nSPS) is 12.6. The van der Waals surface area contributed by atoms with E-state index in [1.807, 2.05) is 6.20 Å². The van der Waals surface area contributed by atoms with Crippen LogP contribution in [0.25, 0.3) is 0 Å². The van der Waals surface area contributed by atoms with Gasteiger partial charge in [-0.05, 0) is 43.5 Å². The number of nitrogens with zero attached hydrogens (tertiary/aromatic N) is 2. The summed E-state index contributed by atoms with van der Waals surface area (Å²) in [7, 11) is 0. The number of likely N-dealkylation sites (N-methyl/N-ethyl adjacent to an activating group) is 1. The molecular weight excluding hydrogens is 246 g/mol. The van der Waals surface area contributed by atoms with Gasteiger partial charge in [-0.3, -0.25) is 4.68 Å². The fraction of sp³-hybridized carbons (Fsp3) is 0.471. The first-order valence-corrected chi connectivity index (χ1v) is 7.55. The molecule has 0 aliphatic carbocycles. The number of hydrogen-bond donors (Lipinski definition) is 1. The summed E-state index contributed by atoms with van der Waals surface area (Å²) < 4.78 is 2.13. The van der Waals surface area contributed by atoms with Crippen molar-refractivity contribution in [1.29, 1.82) is 0 Å². The molecule has 1 N–H and O–H groups in total. The summed E-state index contributed by atoms with van der Waals surface area (Å²) >= 11 is 0. The molecule has 1 unspecified atom stereocenters. The molecule has 0 aliphatic rings. The maximum Gasteiger partial charge on any atom is 0.0556 e. The zero-order valence-electron chi connectivity index (χ0n) is 12.8. The Morgan fingerprint density at radius 2 is 2.00 bits per heavy atom. The highest BCUT2D eigenvalue weighted by atomic mass is 15.3. The van der Waals surface area contributed by atoms with Crippen molar-refractivity contribution in [3.05, 3.63) is 53.3 Å². The minimum atomic E-state index is 0.329. The maximum absolute atomic E-state index is 4.45. The summed E-state index contributed by atoms with van der Waals surface area (Å²) in [6.07, 6.45) is 4.03. The molecule has 2 rings (SSSR count). The van der Waals surface area contributed by atoms with Gasteiger partial charge in [0, 0.05) is 12.7 Å². The van der Waals surface area contributed by atoms with Crippen molar-refractivity contribution < 1.29 is 0 Å². The second-order valence-corrected chi connectivity index (χ2v) is 5.22. The zero-order chi connectivity index (χ0) is 14.4. The van der Waals surface area contributed by atoms with Crippen LogP contribution in [-0.4, -0.2) is 16.3 Å². The fourth-order valence-corrected chi connectivity index (χ4v) is 2.62. The minimum Gasteiger partial charge on any atom is -0.309 e. The molecule has 1 atom stereocenters. The molecule has 0 saturated carbocycles. The number of benzene rings is 1. The molecule has 0 radical (unpaired) electrons. The van der Waals surface area contributed by atoms with Gasteiger partial charge >= 0.3 is 0 Å². The molecule has 3 nitrogen and oxygen atoms in total. The van der Waals surface area contributed by atoms with E-state index in [4.69, 9.17) is 0 Å².